The van der Waals surface area contributed by atoms with E-state index in [0.29, 0.717) is 17.8 Å². The fourth-order valence-electron chi connectivity index (χ4n) is 5.26. The number of guanidine groups is 1. The van der Waals surface area contributed by atoms with E-state index in [2.05, 4.69) is 15.5 Å². The van der Waals surface area contributed by atoms with Gasteiger partial charge in [0, 0.05) is 12.6 Å². The third kappa shape index (κ3) is 5.72. The summed E-state index contributed by atoms with van der Waals surface area (Å²) in [6, 6.07) is 8.29. The standard InChI is InChI=1S/C25H38N4O2/c1-31-23-17-9-8-15-21(23)28-24(30)22-16-10-18-29(22)25(26-19-11-4-2-5-12-19)27-20-13-6-3-7-14-20/h8-9,15,17,19-20,22H,2-7,10-14,16,18H2,1H3,(H,26,27)(H,28,30)/t22-/m0/s1. The van der Waals surface area contributed by atoms with Gasteiger partial charge in [-0.3, -0.25) is 4.79 Å². The van der Waals surface area contributed by atoms with E-state index < -0.39 is 0 Å². The fourth-order valence-corrected chi connectivity index (χ4v) is 5.26. The highest BCUT2D eigenvalue weighted by Crippen LogP contribution is 2.27. The highest BCUT2D eigenvalue weighted by molar-refractivity contribution is 5.99. The summed E-state index contributed by atoms with van der Waals surface area (Å²) in [5.74, 6) is 1.69. The van der Waals surface area contributed by atoms with E-state index in [9.17, 15) is 4.79 Å². The molecule has 1 heterocycles. The van der Waals surface area contributed by atoms with E-state index in [1.54, 1.807) is 7.11 Å². The molecule has 2 N–H and O–H groups in total. The molecular weight excluding hydrogens is 388 g/mol. The number of likely N-dealkylation sites (tertiary alicyclic amines) is 1. The number of ether oxygens (including phenoxy) is 1. The summed E-state index contributed by atoms with van der Waals surface area (Å²) in [5.41, 5.74) is 0.729. The molecule has 170 valence electrons. The van der Waals surface area contributed by atoms with Crippen LogP contribution >= 0.6 is 0 Å². The molecule has 0 aromatic heterocycles. The number of amides is 1. The summed E-state index contributed by atoms with van der Waals surface area (Å²) >= 11 is 0. The zero-order valence-electron chi connectivity index (χ0n) is 18.9. The van der Waals surface area contributed by atoms with Crippen LogP contribution in [0.2, 0.25) is 0 Å². The second kappa shape index (κ2) is 10.9. The first-order chi connectivity index (χ1) is 15.2. The van der Waals surface area contributed by atoms with Crippen LogP contribution in [0.15, 0.2) is 29.3 Å². The van der Waals surface area contributed by atoms with Crippen molar-refractivity contribution in [1.29, 1.82) is 0 Å². The summed E-state index contributed by atoms with van der Waals surface area (Å²) in [7, 11) is 1.63. The van der Waals surface area contributed by atoms with Crippen LogP contribution in [0.25, 0.3) is 0 Å². The van der Waals surface area contributed by atoms with Gasteiger partial charge in [-0.25, -0.2) is 4.99 Å². The largest absolute Gasteiger partial charge is 0.495 e. The quantitative estimate of drug-likeness (QED) is 0.529. The molecule has 1 aromatic carbocycles. The van der Waals surface area contributed by atoms with Crippen LogP contribution in [0.5, 0.6) is 5.75 Å². The Morgan fingerprint density at radius 3 is 2.42 bits per heavy atom. The lowest BCUT2D eigenvalue weighted by Gasteiger charge is -2.33. The first-order valence-electron chi connectivity index (χ1n) is 12.3. The van der Waals surface area contributed by atoms with Crippen molar-refractivity contribution in [3.8, 4) is 5.75 Å². The van der Waals surface area contributed by atoms with Crippen LogP contribution in [-0.2, 0) is 4.79 Å². The SMILES string of the molecule is COc1ccccc1NC(=O)[C@@H]1CCCN1C(=NC1CCCCC1)NC1CCCCC1. The first-order valence-corrected chi connectivity index (χ1v) is 12.3. The zero-order chi connectivity index (χ0) is 21.5. The maximum Gasteiger partial charge on any atom is 0.247 e. The van der Waals surface area contributed by atoms with Gasteiger partial charge in [0.25, 0.3) is 0 Å². The summed E-state index contributed by atoms with van der Waals surface area (Å²) < 4.78 is 5.42. The molecule has 31 heavy (non-hydrogen) atoms. The van der Waals surface area contributed by atoms with Crippen LogP contribution in [-0.4, -0.2) is 48.5 Å². The van der Waals surface area contributed by atoms with Crippen molar-refractivity contribution < 1.29 is 9.53 Å². The number of nitrogens with one attached hydrogen (secondary N) is 2. The third-order valence-electron chi connectivity index (χ3n) is 7.01. The molecule has 1 aromatic rings. The summed E-state index contributed by atoms with van der Waals surface area (Å²) in [4.78, 5) is 20.7. The van der Waals surface area contributed by atoms with E-state index >= 15 is 0 Å². The number of nitrogens with zero attached hydrogens (tertiary/aromatic N) is 2. The molecule has 1 atom stereocenters. The van der Waals surface area contributed by atoms with Crippen LogP contribution in [0.4, 0.5) is 5.69 Å². The first kappa shape index (κ1) is 22.0. The van der Waals surface area contributed by atoms with Crippen LogP contribution in [0.3, 0.4) is 0 Å². The molecule has 1 amide bonds. The minimum Gasteiger partial charge on any atom is -0.495 e. The molecule has 6 heteroatoms. The monoisotopic (exact) mass is 426 g/mol. The van der Waals surface area contributed by atoms with Crippen molar-refractivity contribution >= 4 is 17.6 Å². The molecule has 2 aliphatic carbocycles. The molecule has 0 spiro atoms. The normalized spacial score (nSPS) is 23.6. The second-order valence-corrected chi connectivity index (χ2v) is 9.26. The predicted molar refractivity (Wildman–Crippen MR) is 126 cm³/mol. The van der Waals surface area contributed by atoms with Crippen molar-refractivity contribution in [1.82, 2.24) is 10.2 Å². The predicted octanol–water partition coefficient (Wildman–Crippen LogP) is 4.71. The van der Waals surface area contributed by atoms with E-state index in [4.69, 9.17) is 9.73 Å². The summed E-state index contributed by atoms with van der Waals surface area (Å²) in [6.45, 7) is 0.884. The van der Waals surface area contributed by atoms with Crippen molar-refractivity contribution in [3.63, 3.8) is 0 Å². The van der Waals surface area contributed by atoms with Gasteiger partial charge in [0.15, 0.2) is 5.96 Å². The number of aliphatic imine (C=N–C) groups is 1. The lowest BCUT2D eigenvalue weighted by Crippen LogP contribution is -2.52. The Labute approximate surface area is 186 Å². The minimum absolute atomic E-state index is 0.0313. The van der Waals surface area contributed by atoms with Gasteiger partial charge in [-0.15, -0.1) is 0 Å². The van der Waals surface area contributed by atoms with Crippen LogP contribution < -0.4 is 15.4 Å². The molecule has 0 bridgehead atoms. The van der Waals surface area contributed by atoms with Crippen molar-refractivity contribution in [2.75, 3.05) is 19.0 Å². The maximum atomic E-state index is 13.3. The van der Waals surface area contributed by atoms with Gasteiger partial charge in [0.1, 0.15) is 11.8 Å². The number of methoxy groups -OCH3 is 1. The maximum absolute atomic E-state index is 13.3. The molecule has 6 nitrogen and oxygen atoms in total. The number of hydrogen-bond acceptors (Lipinski definition) is 3. The molecule has 0 unspecified atom stereocenters. The zero-order valence-corrected chi connectivity index (χ0v) is 18.9. The highest BCUT2D eigenvalue weighted by atomic mass is 16.5. The molecule has 3 fully saturated rings. The molecule has 3 aliphatic rings. The average Bonchev–Trinajstić information content (AvgIpc) is 3.31. The highest BCUT2D eigenvalue weighted by Gasteiger charge is 2.34. The summed E-state index contributed by atoms with van der Waals surface area (Å²) in [6.07, 6.45) is 14.4. The Kier molecular flexibility index (Phi) is 7.71. The van der Waals surface area contributed by atoms with Gasteiger partial charge in [-0.1, -0.05) is 50.7 Å². The number of rotatable bonds is 5. The van der Waals surface area contributed by atoms with Gasteiger partial charge in [0.05, 0.1) is 18.8 Å². The van der Waals surface area contributed by atoms with Crippen LogP contribution in [0.1, 0.15) is 77.0 Å². The Balaban J connectivity index is 1.51. The molecule has 0 radical (unpaired) electrons. The number of carbonyl (C=O) groups excluding carboxylic acids is 1. The Morgan fingerprint density at radius 2 is 1.68 bits per heavy atom. The Bertz CT molecular complexity index is 754. The van der Waals surface area contributed by atoms with E-state index in [1.807, 2.05) is 24.3 Å². The van der Waals surface area contributed by atoms with E-state index in [1.165, 1.54) is 64.2 Å². The number of carbonyl (C=O) groups is 1. The number of para-hydroxylation sites is 2. The molecule has 4 rings (SSSR count). The van der Waals surface area contributed by atoms with Gasteiger partial charge in [-0.2, -0.15) is 0 Å². The molecule has 1 aliphatic heterocycles. The lowest BCUT2D eigenvalue weighted by atomic mass is 9.95. The Morgan fingerprint density at radius 1 is 0.968 bits per heavy atom. The minimum atomic E-state index is -0.191. The molecular formula is C25H38N4O2. The van der Waals surface area contributed by atoms with E-state index in [-0.39, 0.29) is 11.9 Å². The van der Waals surface area contributed by atoms with Gasteiger partial charge in [-0.05, 0) is 50.7 Å². The topological polar surface area (TPSA) is 66.0 Å². The molecule has 1 saturated heterocycles. The third-order valence-corrected chi connectivity index (χ3v) is 7.01. The number of anilines is 1. The average molecular weight is 427 g/mol. The van der Waals surface area contributed by atoms with Gasteiger partial charge >= 0.3 is 0 Å². The van der Waals surface area contributed by atoms with Gasteiger partial charge < -0.3 is 20.3 Å². The Hall–Kier alpha value is -2.24. The molecule has 2 saturated carbocycles. The lowest BCUT2D eigenvalue weighted by molar-refractivity contribution is -0.119. The second-order valence-electron chi connectivity index (χ2n) is 9.26. The number of benzene rings is 1. The van der Waals surface area contributed by atoms with Crippen molar-refractivity contribution in [3.05, 3.63) is 24.3 Å². The van der Waals surface area contributed by atoms with Crippen LogP contribution in [0, 0.1) is 0 Å². The van der Waals surface area contributed by atoms with Crippen molar-refractivity contribution in [2.24, 2.45) is 4.99 Å². The summed E-state index contributed by atoms with van der Waals surface area (Å²) in [5, 5.41) is 6.89. The smallest absolute Gasteiger partial charge is 0.247 e. The van der Waals surface area contributed by atoms with Crippen molar-refractivity contribution in [2.45, 2.75) is 95.2 Å². The number of hydrogen-bond donors (Lipinski definition) is 2. The van der Waals surface area contributed by atoms with Gasteiger partial charge in [0.2, 0.25) is 5.91 Å². The fraction of sp³-hybridized carbons (Fsp3) is 0.680. The van der Waals surface area contributed by atoms with E-state index in [0.717, 1.165) is 31.0 Å².